The molecule has 4 nitrogen and oxygen atoms in total. The van der Waals surface area contributed by atoms with Crippen LogP contribution in [0.5, 0.6) is 0 Å². The number of rotatable bonds is 12. The smallest absolute Gasteiger partial charge is 0.0847 e. The summed E-state index contributed by atoms with van der Waals surface area (Å²) in [5.41, 5.74) is 3.81. The lowest BCUT2D eigenvalue weighted by atomic mass is 9.92. The standard InChI is InChI=1S/C22H33FN4S/c1-6-9-20(10-7-2)21(27-18(4)22(28-23)16-24-5)13-17(3)26-15-19-11-8-12-25-14-19/h8,11-14,16,20,26H,6-7,9-10,15H2,1-5H3/b17-13+,22-18-,24-16?,27-21+. The third-order valence-electron chi connectivity index (χ3n) is 4.33. The minimum atomic E-state index is 0.189. The summed E-state index contributed by atoms with van der Waals surface area (Å²) in [5.74, 6) is 0.351. The first-order valence-electron chi connectivity index (χ1n) is 9.86. The van der Waals surface area contributed by atoms with Gasteiger partial charge in [0.1, 0.15) is 0 Å². The molecule has 0 saturated carbocycles. The van der Waals surface area contributed by atoms with Crippen molar-refractivity contribution in [3.05, 3.63) is 52.5 Å². The predicted molar refractivity (Wildman–Crippen MR) is 121 cm³/mol. The maximum Gasteiger partial charge on any atom is 0.0847 e. The Balaban J connectivity index is 3.15. The van der Waals surface area contributed by atoms with Crippen LogP contribution in [0.1, 0.15) is 58.9 Å². The van der Waals surface area contributed by atoms with Crippen LogP contribution in [0.15, 0.2) is 56.9 Å². The van der Waals surface area contributed by atoms with Crippen LogP contribution < -0.4 is 5.32 Å². The van der Waals surface area contributed by atoms with Gasteiger partial charge in [0, 0.05) is 49.5 Å². The fraction of sp³-hybridized carbons (Fsp3) is 0.500. The molecule has 0 atom stereocenters. The molecule has 28 heavy (non-hydrogen) atoms. The Morgan fingerprint density at radius 3 is 2.54 bits per heavy atom. The number of halogens is 1. The largest absolute Gasteiger partial charge is 0.384 e. The van der Waals surface area contributed by atoms with Crippen LogP contribution in [0, 0.1) is 5.92 Å². The summed E-state index contributed by atoms with van der Waals surface area (Å²) in [6.45, 7) is 8.96. The third kappa shape index (κ3) is 8.83. The van der Waals surface area contributed by atoms with E-state index in [1.54, 1.807) is 13.2 Å². The van der Waals surface area contributed by atoms with E-state index in [1.807, 2.05) is 32.2 Å². The minimum Gasteiger partial charge on any atom is -0.384 e. The summed E-state index contributed by atoms with van der Waals surface area (Å²) in [5, 5.41) is 3.43. The lowest BCUT2D eigenvalue weighted by molar-refractivity contribution is 0.559. The molecule has 0 bridgehead atoms. The van der Waals surface area contributed by atoms with Gasteiger partial charge in [-0.25, -0.2) is 0 Å². The fourth-order valence-corrected chi connectivity index (χ4v) is 3.23. The van der Waals surface area contributed by atoms with Gasteiger partial charge in [0.25, 0.3) is 0 Å². The normalized spacial score (nSPS) is 14.0. The lowest BCUT2D eigenvalue weighted by Gasteiger charge is -2.18. The van der Waals surface area contributed by atoms with Crippen molar-refractivity contribution >= 4 is 24.1 Å². The van der Waals surface area contributed by atoms with E-state index in [9.17, 15) is 3.89 Å². The van der Waals surface area contributed by atoms with Gasteiger partial charge >= 0.3 is 0 Å². The average molecular weight is 405 g/mol. The number of aromatic nitrogens is 1. The molecule has 0 aliphatic rings. The van der Waals surface area contributed by atoms with Crippen molar-refractivity contribution in [3.63, 3.8) is 0 Å². The Hall–Kier alpha value is -1.95. The number of allylic oxidation sites excluding steroid dienone is 4. The molecule has 1 N–H and O–H groups in total. The van der Waals surface area contributed by atoms with Crippen molar-refractivity contribution in [3.8, 4) is 0 Å². The van der Waals surface area contributed by atoms with Gasteiger partial charge in [-0.1, -0.05) is 32.8 Å². The molecule has 0 radical (unpaired) electrons. The lowest BCUT2D eigenvalue weighted by Crippen LogP contribution is -2.17. The molecule has 0 aromatic carbocycles. The second kappa shape index (κ2) is 14.1. The van der Waals surface area contributed by atoms with E-state index in [0.29, 0.717) is 23.1 Å². The molecule has 6 heteroatoms. The Bertz CT molecular complexity index is 690. The van der Waals surface area contributed by atoms with Crippen molar-refractivity contribution in [1.82, 2.24) is 10.3 Å². The first-order valence-corrected chi connectivity index (χ1v) is 10.6. The molecule has 0 aliphatic heterocycles. The van der Waals surface area contributed by atoms with Gasteiger partial charge in [0.15, 0.2) is 0 Å². The van der Waals surface area contributed by atoms with Crippen molar-refractivity contribution in [1.29, 1.82) is 0 Å². The van der Waals surface area contributed by atoms with Crippen molar-refractivity contribution in [2.45, 2.75) is 59.9 Å². The zero-order chi connectivity index (χ0) is 20.8. The molecule has 0 unspecified atom stereocenters. The van der Waals surface area contributed by atoms with E-state index < -0.39 is 0 Å². The van der Waals surface area contributed by atoms with Crippen LogP contribution in [0.25, 0.3) is 0 Å². The van der Waals surface area contributed by atoms with E-state index in [1.165, 1.54) is 6.21 Å². The van der Waals surface area contributed by atoms with Crippen LogP contribution >= 0.6 is 12.1 Å². The highest BCUT2D eigenvalue weighted by atomic mass is 32.2. The van der Waals surface area contributed by atoms with Gasteiger partial charge in [0.05, 0.1) is 22.8 Å². The van der Waals surface area contributed by atoms with Gasteiger partial charge in [-0.2, -0.15) is 3.89 Å². The molecule has 1 rings (SSSR count). The molecule has 1 aromatic rings. The van der Waals surface area contributed by atoms with Gasteiger partial charge in [0.2, 0.25) is 0 Å². The second-order valence-electron chi connectivity index (χ2n) is 6.77. The fourth-order valence-electron chi connectivity index (χ4n) is 2.93. The first kappa shape index (κ1) is 24.1. The maximum atomic E-state index is 13.3. The van der Waals surface area contributed by atoms with Gasteiger partial charge in [-0.15, -0.1) is 0 Å². The molecule has 154 valence electrons. The molecular formula is C22H33FN4S. The quantitative estimate of drug-likeness (QED) is 0.417. The van der Waals surface area contributed by atoms with Gasteiger partial charge in [-0.3, -0.25) is 15.0 Å². The van der Waals surface area contributed by atoms with Gasteiger partial charge in [-0.05, 0) is 44.4 Å². The Kier molecular flexibility index (Phi) is 12.1. The van der Waals surface area contributed by atoms with Crippen LogP contribution in [-0.4, -0.2) is 24.0 Å². The number of hydrogen-bond donors (Lipinski definition) is 1. The third-order valence-corrected chi connectivity index (χ3v) is 4.90. The molecule has 1 heterocycles. The van der Waals surface area contributed by atoms with Crippen molar-refractivity contribution < 1.29 is 3.89 Å². The van der Waals surface area contributed by atoms with Crippen molar-refractivity contribution in [2.75, 3.05) is 7.05 Å². The number of aliphatic imine (C=N–C) groups is 2. The summed E-state index contributed by atoms with van der Waals surface area (Å²) in [6.07, 6.45) is 11.5. The van der Waals surface area contributed by atoms with E-state index in [2.05, 4.69) is 35.2 Å². The highest BCUT2D eigenvalue weighted by molar-refractivity contribution is 7.99. The van der Waals surface area contributed by atoms with E-state index in [4.69, 9.17) is 4.99 Å². The number of nitrogens with one attached hydrogen (secondary N) is 1. The summed E-state index contributed by atoms with van der Waals surface area (Å²) in [4.78, 5) is 13.3. The number of pyridine rings is 1. The highest BCUT2D eigenvalue weighted by Gasteiger charge is 2.14. The summed E-state index contributed by atoms with van der Waals surface area (Å²) in [7, 11) is 1.64. The van der Waals surface area contributed by atoms with Crippen LogP contribution in [0.4, 0.5) is 3.89 Å². The zero-order valence-corrected chi connectivity index (χ0v) is 18.5. The van der Waals surface area contributed by atoms with E-state index >= 15 is 0 Å². The summed E-state index contributed by atoms with van der Waals surface area (Å²) < 4.78 is 13.3. The Morgan fingerprint density at radius 1 is 1.29 bits per heavy atom. The van der Waals surface area contributed by atoms with Crippen LogP contribution in [0.3, 0.4) is 0 Å². The summed E-state index contributed by atoms with van der Waals surface area (Å²) >= 11 is 0.189. The molecule has 0 aliphatic carbocycles. The highest BCUT2D eigenvalue weighted by Crippen LogP contribution is 2.23. The SMILES string of the molecule is CCCC(CCC)C(/C=C(\C)NCc1cccnc1)=N/C(C)=C(/C=NC)SF. The van der Waals surface area contributed by atoms with E-state index in [0.717, 1.165) is 42.7 Å². The Morgan fingerprint density at radius 2 is 2.00 bits per heavy atom. The monoisotopic (exact) mass is 404 g/mol. The Labute approximate surface area is 173 Å². The second-order valence-corrected chi connectivity index (χ2v) is 7.36. The predicted octanol–water partition coefficient (Wildman–Crippen LogP) is 6.28. The molecule has 0 fully saturated rings. The number of nitrogens with zero attached hydrogens (tertiary/aromatic N) is 3. The first-order chi connectivity index (χ1) is 13.5. The van der Waals surface area contributed by atoms with Gasteiger partial charge < -0.3 is 5.32 Å². The topological polar surface area (TPSA) is 49.6 Å². The molecule has 0 amide bonds. The molecule has 0 saturated heterocycles. The number of hydrogen-bond acceptors (Lipinski definition) is 5. The minimum absolute atomic E-state index is 0.189. The maximum absolute atomic E-state index is 13.3. The zero-order valence-electron chi connectivity index (χ0n) is 17.7. The molecule has 0 spiro atoms. The summed E-state index contributed by atoms with van der Waals surface area (Å²) in [6, 6.07) is 3.97. The average Bonchev–Trinajstić information content (AvgIpc) is 2.70. The van der Waals surface area contributed by atoms with E-state index in [-0.39, 0.29) is 12.1 Å². The van der Waals surface area contributed by atoms with Crippen LogP contribution in [0.2, 0.25) is 0 Å². The van der Waals surface area contributed by atoms with Crippen molar-refractivity contribution in [2.24, 2.45) is 15.9 Å². The molecular weight excluding hydrogens is 371 g/mol. The molecule has 1 aromatic heterocycles. The van der Waals surface area contributed by atoms with Crippen LogP contribution in [-0.2, 0) is 6.54 Å².